The van der Waals surface area contributed by atoms with Crippen LogP contribution >= 0.6 is 0 Å². The molecule has 0 heterocycles. The van der Waals surface area contributed by atoms with Gasteiger partial charge < -0.3 is 20.5 Å². The molecule has 4 rings (SSSR count). The van der Waals surface area contributed by atoms with Crippen LogP contribution in [0.5, 0.6) is 0 Å². The molecule has 7 nitrogen and oxygen atoms in total. The van der Waals surface area contributed by atoms with Gasteiger partial charge in [-0.25, -0.2) is 4.79 Å². The second kappa shape index (κ2) is 10.1. The molecule has 0 saturated heterocycles. The first kappa shape index (κ1) is 22.8. The number of hydrogen-bond acceptors (Lipinski definition) is 4. The van der Waals surface area contributed by atoms with Gasteiger partial charge in [-0.05, 0) is 54.4 Å². The summed E-state index contributed by atoms with van der Waals surface area (Å²) in [5.74, 6) is -0.845. The number of hydrogen-bond donors (Lipinski definition) is 3. The van der Waals surface area contributed by atoms with Gasteiger partial charge in [0.25, 0.3) is 0 Å². The number of ether oxygens (including phenoxy) is 1. The topological polar surface area (TPSA) is 105 Å². The van der Waals surface area contributed by atoms with Crippen LogP contribution in [0.15, 0.2) is 48.5 Å². The minimum absolute atomic E-state index is 0.00324. The monoisotopic (exact) mass is 450 g/mol. The summed E-state index contributed by atoms with van der Waals surface area (Å²) >= 11 is 0. The zero-order chi connectivity index (χ0) is 23.4. The smallest absolute Gasteiger partial charge is 0.407 e. The lowest BCUT2D eigenvalue weighted by Crippen LogP contribution is -2.40. The largest absolute Gasteiger partial charge is 0.481 e. The molecule has 0 bridgehead atoms. The summed E-state index contributed by atoms with van der Waals surface area (Å²) in [5, 5.41) is 14.6. The van der Waals surface area contributed by atoms with E-state index in [1.165, 1.54) is 11.1 Å². The summed E-state index contributed by atoms with van der Waals surface area (Å²) in [5.41, 5.74) is 4.64. The molecule has 0 spiro atoms. The first-order chi connectivity index (χ1) is 15.9. The van der Waals surface area contributed by atoms with Crippen LogP contribution in [0.4, 0.5) is 4.79 Å². The number of nitrogens with one attached hydrogen (secondary N) is 2. The van der Waals surface area contributed by atoms with Gasteiger partial charge in [-0.2, -0.15) is 0 Å². The van der Waals surface area contributed by atoms with Crippen molar-refractivity contribution >= 4 is 18.0 Å². The maximum Gasteiger partial charge on any atom is 0.407 e. The maximum absolute atomic E-state index is 12.4. The molecule has 3 atom stereocenters. The van der Waals surface area contributed by atoms with Crippen molar-refractivity contribution in [2.75, 3.05) is 6.61 Å². The Hall–Kier alpha value is -3.35. The predicted octanol–water partition coefficient (Wildman–Crippen LogP) is 4.06. The highest BCUT2D eigenvalue weighted by atomic mass is 16.5. The molecule has 33 heavy (non-hydrogen) atoms. The average molecular weight is 451 g/mol. The van der Waals surface area contributed by atoms with Crippen molar-refractivity contribution in [3.05, 3.63) is 59.7 Å². The van der Waals surface area contributed by atoms with Gasteiger partial charge in [-0.1, -0.05) is 48.5 Å². The van der Waals surface area contributed by atoms with Gasteiger partial charge in [0, 0.05) is 30.8 Å². The lowest BCUT2D eigenvalue weighted by atomic mass is 9.98. The molecule has 2 aromatic rings. The molecule has 3 N–H and O–H groups in total. The molecule has 2 aliphatic carbocycles. The molecule has 7 heteroatoms. The Bertz CT molecular complexity index is 991. The molecular weight excluding hydrogens is 420 g/mol. The van der Waals surface area contributed by atoms with Crippen LogP contribution in [-0.4, -0.2) is 41.8 Å². The third-order valence-electron chi connectivity index (χ3n) is 6.57. The number of aliphatic carboxylic acids is 1. The van der Waals surface area contributed by atoms with Crippen LogP contribution in [0.1, 0.15) is 56.1 Å². The van der Waals surface area contributed by atoms with Crippen LogP contribution in [-0.2, 0) is 14.3 Å². The molecule has 0 aliphatic heterocycles. The van der Waals surface area contributed by atoms with Crippen molar-refractivity contribution in [3.63, 3.8) is 0 Å². The van der Waals surface area contributed by atoms with E-state index in [9.17, 15) is 14.4 Å². The molecule has 2 amide bonds. The van der Waals surface area contributed by atoms with Crippen LogP contribution in [0.2, 0.25) is 0 Å². The minimum atomic E-state index is -0.798. The zero-order valence-corrected chi connectivity index (χ0v) is 18.8. The quantitative estimate of drug-likeness (QED) is 0.563. The Labute approximate surface area is 193 Å². The number of alkyl carbamates (subject to hydrolysis) is 1. The Balaban J connectivity index is 1.23. The van der Waals surface area contributed by atoms with Crippen molar-refractivity contribution in [2.45, 2.75) is 57.0 Å². The second-order valence-corrected chi connectivity index (χ2v) is 9.12. The minimum Gasteiger partial charge on any atom is -0.481 e. The number of carboxylic acids is 1. The van der Waals surface area contributed by atoms with E-state index < -0.39 is 12.1 Å². The summed E-state index contributed by atoms with van der Waals surface area (Å²) in [4.78, 5) is 35.6. The SMILES string of the molecule is CC(CC(=O)NC1CCC(CC(=O)O)C1)NC(=O)OCC1c2ccccc2-c2ccccc21. The number of carboxylic acid groups (broad SMARTS) is 1. The second-order valence-electron chi connectivity index (χ2n) is 9.12. The van der Waals surface area contributed by atoms with Crippen molar-refractivity contribution in [1.82, 2.24) is 10.6 Å². The fraction of sp³-hybridized carbons (Fsp3) is 0.423. The van der Waals surface area contributed by atoms with E-state index >= 15 is 0 Å². The standard InChI is InChI=1S/C26H30N2O5/c1-16(12-24(29)28-18-11-10-17(13-18)14-25(30)31)27-26(32)33-15-23-21-8-4-2-6-19(21)20-7-3-5-9-22(20)23/h2-9,16-18,23H,10-15H2,1H3,(H,27,32)(H,28,29)(H,30,31). The van der Waals surface area contributed by atoms with Crippen LogP contribution in [0.3, 0.4) is 0 Å². The molecule has 174 valence electrons. The highest BCUT2D eigenvalue weighted by Crippen LogP contribution is 2.44. The zero-order valence-electron chi connectivity index (χ0n) is 18.8. The van der Waals surface area contributed by atoms with Gasteiger partial charge in [-0.3, -0.25) is 9.59 Å². The Morgan fingerprint density at radius 2 is 1.67 bits per heavy atom. The van der Waals surface area contributed by atoms with Gasteiger partial charge >= 0.3 is 12.1 Å². The van der Waals surface area contributed by atoms with Gasteiger partial charge in [0.15, 0.2) is 0 Å². The van der Waals surface area contributed by atoms with E-state index in [-0.39, 0.29) is 49.3 Å². The third kappa shape index (κ3) is 5.53. The van der Waals surface area contributed by atoms with Crippen LogP contribution in [0, 0.1) is 5.92 Å². The average Bonchev–Trinajstić information content (AvgIpc) is 3.33. The van der Waals surface area contributed by atoms with Crippen molar-refractivity contribution in [3.8, 4) is 11.1 Å². The Morgan fingerprint density at radius 1 is 1.03 bits per heavy atom. The molecule has 3 unspecified atom stereocenters. The van der Waals surface area contributed by atoms with Crippen LogP contribution in [0.25, 0.3) is 11.1 Å². The van der Waals surface area contributed by atoms with E-state index in [2.05, 4.69) is 34.9 Å². The molecule has 0 radical (unpaired) electrons. The van der Waals surface area contributed by atoms with Crippen molar-refractivity contribution in [2.24, 2.45) is 5.92 Å². The lowest BCUT2D eigenvalue weighted by molar-refractivity contribution is -0.138. The number of carbonyl (C=O) groups is 3. The molecule has 1 saturated carbocycles. The summed E-state index contributed by atoms with van der Waals surface area (Å²) in [6.45, 7) is 1.99. The van der Waals surface area contributed by atoms with Gasteiger partial charge in [0.1, 0.15) is 6.61 Å². The molecule has 0 aromatic heterocycles. The molecule has 2 aliphatic rings. The number of rotatable bonds is 8. The van der Waals surface area contributed by atoms with E-state index in [0.29, 0.717) is 6.42 Å². The number of carbonyl (C=O) groups excluding carboxylic acids is 2. The lowest BCUT2D eigenvalue weighted by Gasteiger charge is -2.18. The van der Waals surface area contributed by atoms with Crippen molar-refractivity contribution < 1.29 is 24.2 Å². The normalized spacial score (nSPS) is 19.9. The summed E-state index contributed by atoms with van der Waals surface area (Å²) in [6, 6.07) is 15.9. The fourth-order valence-electron chi connectivity index (χ4n) is 5.10. The highest BCUT2D eigenvalue weighted by Gasteiger charge is 2.30. The number of benzene rings is 2. The third-order valence-corrected chi connectivity index (χ3v) is 6.57. The Morgan fingerprint density at radius 3 is 2.30 bits per heavy atom. The van der Waals surface area contributed by atoms with E-state index in [1.807, 2.05) is 24.3 Å². The van der Waals surface area contributed by atoms with E-state index in [1.54, 1.807) is 6.92 Å². The Kier molecular flexibility index (Phi) is 6.96. The summed E-state index contributed by atoms with van der Waals surface area (Å²) < 4.78 is 5.54. The summed E-state index contributed by atoms with van der Waals surface area (Å²) in [7, 11) is 0. The van der Waals surface area contributed by atoms with Crippen molar-refractivity contribution in [1.29, 1.82) is 0 Å². The first-order valence-electron chi connectivity index (χ1n) is 11.5. The number of amides is 2. The molecular formula is C26H30N2O5. The van der Waals surface area contributed by atoms with E-state index in [0.717, 1.165) is 24.0 Å². The number of fused-ring (bicyclic) bond motifs is 3. The predicted molar refractivity (Wildman–Crippen MR) is 124 cm³/mol. The fourth-order valence-corrected chi connectivity index (χ4v) is 5.10. The van der Waals surface area contributed by atoms with Crippen LogP contribution < -0.4 is 10.6 Å². The summed E-state index contributed by atoms with van der Waals surface area (Å²) in [6.07, 6.45) is 2.03. The highest BCUT2D eigenvalue weighted by molar-refractivity contribution is 5.79. The maximum atomic E-state index is 12.4. The van der Waals surface area contributed by atoms with Gasteiger partial charge in [0.05, 0.1) is 0 Å². The first-order valence-corrected chi connectivity index (χ1v) is 11.5. The van der Waals surface area contributed by atoms with E-state index in [4.69, 9.17) is 9.84 Å². The van der Waals surface area contributed by atoms with Gasteiger partial charge in [-0.15, -0.1) is 0 Å². The van der Waals surface area contributed by atoms with Gasteiger partial charge in [0.2, 0.25) is 5.91 Å². The molecule has 2 aromatic carbocycles. The molecule has 1 fully saturated rings.